The van der Waals surface area contributed by atoms with Crippen molar-refractivity contribution in [3.63, 3.8) is 0 Å². The van der Waals surface area contributed by atoms with E-state index >= 15 is 0 Å². The van der Waals surface area contributed by atoms with Gasteiger partial charge in [0.2, 0.25) is 0 Å². The van der Waals surface area contributed by atoms with E-state index in [1.54, 1.807) is 12.1 Å². The van der Waals surface area contributed by atoms with Crippen LogP contribution >= 0.6 is 0 Å². The summed E-state index contributed by atoms with van der Waals surface area (Å²) in [5, 5.41) is 0. The standard InChI is InChI=1S/C15H15NO2/c16-10-13-8-4-5-9-14(13)15(17)18-11-12-6-2-1-3-7-12/h1-9H,10-11,16H2. The predicted molar refractivity (Wildman–Crippen MR) is 69.9 cm³/mol. The summed E-state index contributed by atoms with van der Waals surface area (Å²) in [5.74, 6) is -0.333. The molecular weight excluding hydrogens is 226 g/mol. The Bertz CT molecular complexity index is 523. The molecule has 0 atom stereocenters. The van der Waals surface area contributed by atoms with Gasteiger partial charge in [-0.15, -0.1) is 0 Å². The van der Waals surface area contributed by atoms with Crippen LogP contribution in [0.2, 0.25) is 0 Å². The lowest BCUT2D eigenvalue weighted by Gasteiger charge is -2.08. The number of rotatable bonds is 4. The van der Waals surface area contributed by atoms with E-state index in [0.717, 1.165) is 11.1 Å². The molecule has 0 unspecified atom stereocenters. The maximum absolute atomic E-state index is 11.9. The summed E-state index contributed by atoms with van der Waals surface area (Å²) < 4.78 is 5.26. The van der Waals surface area contributed by atoms with Gasteiger partial charge in [0.15, 0.2) is 0 Å². The number of hydrogen-bond donors (Lipinski definition) is 1. The van der Waals surface area contributed by atoms with Crippen LogP contribution in [0, 0.1) is 0 Å². The molecule has 0 aromatic heterocycles. The van der Waals surface area contributed by atoms with E-state index in [1.165, 1.54) is 0 Å². The van der Waals surface area contributed by atoms with Crippen LogP contribution in [-0.2, 0) is 17.9 Å². The van der Waals surface area contributed by atoms with Crippen LogP contribution in [0.3, 0.4) is 0 Å². The van der Waals surface area contributed by atoms with E-state index in [-0.39, 0.29) is 12.6 Å². The maximum atomic E-state index is 11.9. The van der Waals surface area contributed by atoms with E-state index in [2.05, 4.69) is 0 Å². The van der Waals surface area contributed by atoms with Gasteiger partial charge < -0.3 is 10.5 Å². The zero-order valence-corrected chi connectivity index (χ0v) is 10.0. The minimum Gasteiger partial charge on any atom is -0.457 e. The van der Waals surface area contributed by atoms with E-state index in [9.17, 15) is 4.79 Å². The largest absolute Gasteiger partial charge is 0.457 e. The fraction of sp³-hybridized carbons (Fsp3) is 0.133. The smallest absolute Gasteiger partial charge is 0.338 e. The molecule has 0 heterocycles. The van der Waals surface area contributed by atoms with Crippen molar-refractivity contribution in [2.75, 3.05) is 0 Å². The van der Waals surface area contributed by atoms with Crippen LogP contribution in [0.15, 0.2) is 54.6 Å². The minimum atomic E-state index is -0.333. The molecule has 3 nitrogen and oxygen atoms in total. The first kappa shape index (κ1) is 12.3. The van der Waals surface area contributed by atoms with Gasteiger partial charge in [0.05, 0.1) is 5.56 Å². The topological polar surface area (TPSA) is 52.3 Å². The number of carbonyl (C=O) groups is 1. The van der Waals surface area contributed by atoms with Crippen molar-refractivity contribution >= 4 is 5.97 Å². The van der Waals surface area contributed by atoms with Crippen LogP contribution < -0.4 is 5.73 Å². The molecule has 0 aliphatic heterocycles. The summed E-state index contributed by atoms with van der Waals surface area (Å²) in [6.45, 7) is 0.606. The van der Waals surface area contributed by atoms with Gasteiger partial charge in [-0.1, -0.05) is 48.5 Å². The van der Waals surface area contributed by atoms with Crippen LogP contribution in [0.5, 0.6) is 0 Å². The second kappa shape index (κ2) is 5.98. The number of esters is 1. The fourth-order valence-electron chi connectivity index (χ4n) is 1.70. The average Bonchev–Trinajstić information content (AvgIpc) is 2.45. The highest BCUT2D eigenvalue weighted by Crippen LogP contribution is 2.11. The summed E-state index contributed by atoms with van der Waals surface area (Å²) >= 11 is 0. The molecule has 0 amide bonds. The Kier molecular flexibility index (Phi) is 4.10. The molecule has 2 aromatic carbocycles. The third-order valence-corrected chi connectivity index (χ3v) is 2.67. The number of ether oxygens (including phenoxy) is 1. The molecule has 2 aromatic rings. The lowest BCUT2D eigenvalue weighted by molar-refractivity contribution is 0.0471. The predicted octanol–water partition coefficient (Wildman–Crippen LogP) is 2.50. The second-order valence-corrected chi connectivity index (χ2v) is 3.92. The van der Waals surface area contributed by atoms with Crippen molar-refractivity contribution in [3.05, 3.63) is 71.3 Å². The number of benzene rings is 2. The molecule has 2 N–H and O–H groups in total. The Hall–Kier alpha value is -2.13. The van der Waals surface area contributed by atoms with Gasteiger partial charge >= 0.3 is 5.97 Å². The summed E-state index contributed by atoms with van der Waals surface area (Å²) in [4.78, 5) is 11.9. The highest BCUT2D eigenvalue weighted by molar-refractivity contribution is 5.91. The fourth-order valence-corrected chi connectivity index (χ4v) is 1.70. The monoisotopic (exact) mass is 241 g/mol. The van der Waals surface area contributed by atoms with Gasteiger partial charge in [0.25, 0.3) is 0 Å². The third kappa shape index (κ3) is 2.96. The van der Waals surface area contributed by atoms with Crippen molar-refractivity contribution in [2.45, 2.75) is 13.2 Å². The van der Waals surface area contributed by atoms with Crippen LogP contribution in [0.1, 0.15) is 21.5 Å². The molecule has 0 bridgehead atoms. The first-order valence-electron chi connectivity index (χ1n) is 5.80. The van der Waals surface area contributed by atoms with Crippen molar-refractivity contribution in [3.8, 4) is 0 Å². The normalized spacial score (nSPS) is 10.1. The number of carbonyl (C=O) groups excluding carboxylic acids is 1. The first-order chi connectivity index (χ1) is 8.81. The number of nitrogens with two attached hydrogens (primary N) is 1. The minimum absolute atomic E-state index is 0.276. The molecular formula is C15H15NO2. The Morgan fingerprint density at radius 2 is 1.67 bits per heavy atom. The highest BCUT2D eigenvalue weighted by atomic mass is 16.5. The molecule has 0 aliphatic rings. The highest BCUT2D eigenvalue weighted by Gasteiger charge is 2.11. The van der Waals surface area contributed by atoms with Crippen LogP contribution in [0.25, 0.3) is 0 Å². The Balaban J connectivity index is 2.04. The maximum Gasteiger partial charge on any atom is 0.338 e. The Labute approximate surface area is 106 Å². The molecule has 0 radical (unpaired) electrons. The van der Waals surface area contributed by atoms with E-state index in [1.807, 2.05) is 42.5 Å². The van der Waals surface area contributed by atoms with E-state index in [0.29, 0.717) is 12.1 Å². The summed E-state index contributed by atoms with van der Waals surface area (Å²) in [5.41, 5.74) is 7.90. The average molecular weight is 241 g/mol. The molecule has 3 heteroatoms. The number of hydrogen-bond acceptors (Lipinski definition) is 3. The summed E-state index contributed by atoms with van der Waals surface area (Å²) in [6, 6.07) is 16.8. The molecule has 0 fully saturated rings. The van der Waals surface area contributed by atoms with Gasteiger partial charge in [-0.25, -0.2) is 4.79 Å². The van der Waals surface area contributed by atoms with Crippen molar-refractivity contribution in [1.29, 1.82) is 0 Å². The van der Waals surface area contributed by atoms with Gasteiger partial charge in [-0.3, -0.25) is 0 Å². The van der Waals surface area contributed by atoms with Crippen molar-refractivity contribution in [2.24, 2.45) is 5.73 Å². The molecule has 92 valence electrons. The zero-order valence-electron chi connectivity index (χ0n) is 10.0. The zero-order chi connectivity index (χ0) is 12.8. The van der Waals surface area contributed by atoms with Gasteiger partial charge in [0.1, 0.15) is 6.61 Å². The summed E-state index contributed by atoms with van der Waals surface area (Å²) in [7, 11) is 0. The second-order valence-electron chi connectivity index (χ2n) is 3.92. The molecule has 0 spiro atoms. The Morgan fingerprint density at radius 1 is 1.00 bits per heavy atom. The molecule has 2 rings (SSSR count). The lowest BCUT2D eigenvalue weighted by Crippen LogP contribution is -2.10. The lowest BCUT2D eigenvalue weighted by atomic mass is 10.1. The van der Waals surface area contributed by atoms with Gasteiger partial charge in [-0.2, -0.15) is 0 Å². The molecule has 0 saturated heterocycles. The molecule has 0 aliphatic carbocycles. The molecule has 0 saturated carbocycles. The SMILES string of the molecule is NCc1ccccc1C(=O)OCc1ccccc1. The van der Waals surface area contributed by atoms with Crippen molar-refractivity contribution in [1.82, 2.24) is 0 Å². The molecule has 18 heavy (non-hydrogen) atoms. The first-order valence-corrected chi connectivity index (χ1v) is 5.80. The quantitative estimate of drug-likeness (QED) is 0.837. The Morgan fingerprint density at radius 3 is 2.39 bits per heavy atom. The van der Waals surface area contributed by atoms with Crippen LogP contribution in [0.4, 0.5) is 0 Å². The van der Waals surface area contributed by atoms with Crippen LogP contribution in [-0.4, -0.2) is 5.97 Å². The van der Waals surface area contributed by atoms with Crippen molar-refractivity contribution < 1.29 is 9.53 Å². The van der Waals surface area contributed by atoms with Gasteiger partial charge in [-0.05, 0) is 17.2 Å². The third-order valence-electron chi connectivity index (χ3n) is 2.67. The van der Waals surface area contributed by atoms with E-state index in [4.69, 9.17) is 10.5 Å². The van der Waals surface area contributed by atoms with E-state index < -0.39 is 0 Å². The summed E-state index contributed by atoms with van der Waals surface area (Å²) in [6.07, 6.45) is 0. The van der Waals surface area contributed by atoms with Gasteiger partial charge in [0, 0.05) is 6.54 Å².